The SMILES string of the molecule is CCCCCCC(SCCCCCCCC(=O)C(=O)OC(C)(C)C)C(=O)O. The Bertz CT molecular complexity index is 442. The third-order valence-electron chi connectivity index (χ3n) is 4.09. The van der Waals surface area contributed by atoms with Gasteiger partial charge in [-0.2, -0.15) is 0 Å². The highest BCUT2D eigenvalue weighted by Gasteiger charge is 2.22. The number of carbonyl (C=O) groups excluding carboxylic acids is 2. The van der Waals surface area contributed by atoms with Crippen molar-refractivity contribution >= 4 is 29.5 Å². The van der Waals surface area contributed by atoms with Crippen molar-refractivity contribution in [2.24, 2.45) is 0 Å². The maximum Gasteiger partial charge on any atom is 0.375 e. The van der Waals surface area contributed by atoms with Crippen molar-refractivity contribution in [3.63, 3.8) is 0 Å². The smallest absolute Gasteiger partial charge is 0.375 e. The molecule has 0 aliphatic rings. The Morgan fingerprint density at radius 2 is 1.52 bits per heavy atom. The number of aliphatic carboxylic acids is 1. The fourth-order valence-corrected chi connectivity index (χ4v) is 3.75. The number of carboxylic acid groups (broad SMARTS) is 1. The van der Waals surface area contributed by atoms with Crippen LogP contribution < -0.4 is 0 Å². The molecule has 0 aromatic heterocycles. The number of carbonyl (C=O) groups is 3. The summed E-state index contributed by atoms with van der Waals surface area (Å²) in [4.78, 5) is 34.5. The first-order chi connectivity index (χ1) is 12.7. The van der Waals surface area contributed by atoms with E-state index in [1.807, 2.05) is 0 Å². The number of Topliss-reactive ketones (excluding diaryl/α,β-unsaturated/α-hetero) is 1. The van der Waals surface area contributed by atoms with Crippen LogP contribution >= 0.6 is 11.8 Å². The second kappa shape index (κ2) is 14.9. The molecule has 1 atom stereocenters. The molecule has 0 radical (unpaired) electrons. The van der Waals surface area contributed by atoms with Crippen molar-refractivity contribution in [1.29, 1.82) is 0 Å². The Balaban J connectivity index is 3.71. The number of ether oxygens (including phenoxy) is 1. The summed E-state index contributed by atoms with van der Waals surface area (Å²) < 4.78 is 5.05. The molecule has 1 unspecified atom stereocenters. The van der Waals surface area contributed by atoms with E-state index in [0.29, 0.717) is 6.42 Å². The summed E-state index contributed by atoms with van der Waals surface area (Å²) in [6.07, 6.45) is 10.0. The standard InChI is InChI=1S/C21H38O5S/c1-5-6-7-12-15-18(19(23)24)27-16-13-10-8-9-11-14-17(22)20(25)26-21(2,3)4/h18H,5-16H2,1-4H3,(H,23,24). The van der Waals surface area contributed by atoms with Crippen molar-refractivity contribution in [2.75, 3.05) is 5.75 Å². The van der Waals surface area contributed by atoms with Crippen LogP contribution in [-0.4, -0.2) is 39.4 Å². The van der Waals surface area contributed by atoms with Crippen LogP contribution in [0.5, 0.6) is 0 Å². The first-order valence-electron chi connectivity index (χ1n) is 10.3. The molecule has 0 aliphatic heterocycles. The molecule has 6 heteroatoms. The van der Waals surface area contributed by atoms with E-state index in [0.717, 1.165) is 57.1 Å². The summed E-state index contributed by atoms with van der Waals surface area (Å²) in [6, 6.07) is 0. The average Bonchev–Trinajstić information content (AvgIpc) is 2.56. The lowest BCUT2D eigenvalue weighted by Crippen LogP contribution is -2.28. The van der Waals surface area contributed by atoms with Crippen LogP contribution in [0, 0.1) is 0 Å². The second-order valence-electron chi connectivity index (χ2n) is 7.99. The largest absolute Gasteiger partial charge is 0.480 e. The topological polar surface area (TPSA) is 80.7 Å². The Morgan fingerprint density at radius 3 is 2.11 bits per heavy atom. The highest BCUT2D eigenvalue weighted by molar-refractivity contribution is 8.00. The fourth-order valence-electron chi connectivity index (χ4n) is 2.62. The van der Waals surface area contributed by atoms with Gasteiger partial charge in [0.05, 0.1) is 0 Å². The molecule has 0 amide bonds. The van der Waals surface area contributed by atoms with E-state index in [4.69, 9.17) is 4.74 Å². The predicted octanol–water partition coefficient (Wildman–Crippen LogP) is 5.39. The minimum atomic E-state index is -0.738. The zero-order valence-corrected chi connectivity index (χ0v) is 18.4. The Morgan fingerprint density at radius 1 is 0.926 bits per heavy atom. The molecule has 0 spiro atoms. The van der Waals surface area contributed by atoms with Gasteiger partial charge in [-0.1, -0.05) is 51.9 Å². The highest BCUT2D eigenvalue weighted by Crippen LogP contribution is 2.21. The number of thioether (sulfide) groups is 1. The number of hydrogen-bond acceptors (Lipinski definition) is 5. The van der Waals surface area contributed by atoms with Crippen LogP contribution in [-0.2, 0) is 19.1 Å². The van der Waals surface area contributed by atoms with Gasteiger partial charge < -0.3 is 9.84 Å². The normalized spacial score (nSPS) is 12.6. The van der Waals surface area contributed by atoms with Crippen LogP contribution in [0.4, 0.5) is 0 Å². The second-order valence-corrected chi connectivity index (χ2v) is 9.30. The summed E-state index contributed by atoms with van der Waals surface area (Å²) in [7, 11) is 0. The molecule has 5 nitrogen and oxygen atoms in total. The van der Waals surface area contributed by atoms with Crippen molar-refractivity contribution in [2.45, 2.75) is 109 Å². The monoisotopic (exact) mass is 402 g/mol. The quantitative estimate of drug-likeness (QED) is 0.212. The molecule has 0 aromatic rings. The zero-order valence-electron chi connectivity index (χ0n) is 17.6. The summed E-state index contributed by atoms with van der Waals surface area (Å²) in [5.41, 5.74) is -0.631. The lowest BCUT2D eigenvalue weighted by Gasteiger charge is -2.18. The molecule has 0 saturated carbocycles. The van der Waals surface area contributed by atoms with E-state index in [2.05, 4.69) is 6.92 Å². The molecule has 0 bridgehead atoms. The molecule has 0 aliphatic carbocycles. The van der Waals surface area contributed by atoms with E-state index < -0.39 is 23.3 Å². The molecule has 27 heavy (non-hydrogen) atoms. The van der Waals surface area contributed by atoms with Crippen LogP contribution in [0.1, 0.15) is 98.3 Å². The van der Waals surface area contributed by atoms with Crippen LogP contribution in [0.25, 0.3) is 0 Å². The van der Waals surface area contributed by atoms with Gasteiger partial charge in [0.25, 0.3) is 0 Å². The Kier molecular flexibility index (Phi) is 14.4. The maximum atomic E-state index is 11.7. The maximum absolute atomic E-state index is 11.7. The van der Waals surface area contributed by atoms with Crippen molar-refractivity contribution in [1.82, 2.24) is 0 Å². The third kappa shape index (κ3) is 15.7. The van der Waals surface area contributed by atoms with Gasteiger partial charge in [0.15, 0.2) is 0 Å². The van der Waals surface area contributed by atoms with Crippen LogP contribution in [0.15, 0.2) is 0 Å². The molecule has 0 fully saturated rings. The van der Waals surface area contributed by atoms with Crippen molar-refractivity contribution in [3.05, 3.63) is 0 Å². The lowest BCUT2D eigenvalue weighted by atomic mass is 10.1. The molecular weight excluding hydrogens is 364 g/mol. The van der Waals surface area contributed by atoms with Gasteiger partial charge in [0.2, 0.25) is 5.78 Å². The molecular formula is C21H38O5S. The minimum absolute atomic E-state index is 0.239. The highest BCUT2D eigenvalue weighted by atomic mass is 32.2. The lowest BCUT2D eigenvalue weighted by molar-refractivity contribution is -0.162. The number of hydrogen-bond donors (Lipinski definition) is 1. The number of carboxylic acids is 1. The third-order valence-corrected chi connectivity index (χ3v) is 5.45. The van der Waals surface area contributed by atoms with E-state index in [-0.39, 0.29) is 11.7 Å². The van der Waals surface area contributed by atoms with E-state index in [1.54, 1.807) is 32.5 Å². The van der Waals surface area contributed by atoms with Gasteiger partial charge in [-0.25, -0.2) is 4.79 Å². The van der Waals surface area contributed by atoms with Gasteiger partial charge in [0, 0.05) is 6.42 Å². The Labute approximate surface area is 169 Å². The summed E-state index contributed by atoms with van der Waals surface area (Å²) in [5, 5.41) is 9.00. The number of ketones is 1. The minimum Gasteiger partial charge on any atom is -0.480 e. The number of unbranched alkanes of at least 4 members (excludes halogenated alkanes) is 7. The number of rotatable bonds is 16. The van der Waals surface area contributed by atoms with Crippen LogP contribution in [0.2, 0.25) is 0 Å². The van der Waals surface area contributed by atoms with Gasteiger partial charge in [0.1, 0.15) is 10.9 Å². The van der Waals surface area contributed by atoms with Gasteiger partial charge in [-0.15, -0.1) is 11.8 Å². The molecule has 0 aromatic carbocycles. The average molecular weight is 403 g/mol. The predicted molar refractivity (Wildman–Crippen MR) is 111 cm³/mol. The summed E-state index contributed by atoms with van der Waals surface area (Å²) in [5.74, 6) is -1.02. The molecule has 1 N–H and O–H groups in total. The van der Waals surface area contributed by atoms with Gasteiger partial charge in [-0.05, 0) is 45.8 Å². The Hall–Kier alpha value is -1.04. The first kappa shape index (κ1) is 26.0. The van der Waals surface area contributed by atoms with E-state index in [9.17, 15) is 19.5 Å². The van der Waals surface area contributed by atoms with Crippen molar-refractivity contribution in [3.8, 4) is 0 Å². The summed E-state index contributed by atoms with van der Waals surface area (Å²) in [6.45, 7) is 7.39. The van der Waals surface area contributed by atoms with E-state index in [1.165, 1.54) is 6.42 Å². The molecule has 158 valence electrons. The van der Waals surface area contributed by atoms with Crippen LogP contribution in [0.3, 0.4) is 0 Å². The number of esters is 1. The first-order valence-corrected chi connectivity index (χ1v) is 11.3. The summed E-state index contributed by atoms with van der Waals surface area (Å²) >= 11 is 1.55. The zero-order chi connectivity index (χ0) is 20.7. The fraction of sp³-hybridized carbons (Fsp3) is 0.857. The van der Waals surface area contributed by atoms with E-state index >= 15 is 0 Å². The molecule has 0 saturated heterocycles. The van der Waals surface area contributed by atoms with Crippen molar-refractivity contribution < 1.29 is 24.2 Å². The van der Waals surface area contributed by atoms with Gasteiger partial charge >= 0.3 is 11.9 Å². The molecule has 0 rings (SSSR count). The molecule has 0 heterocycles. The van der Waals surface area contributed by atoms with Gasteiger partial charge in [-0.3, -0.25) is 9.59 Å².